The molecule has 0 unspecified atom stereocenters. The van der Waals surface area contributed by atoms with Crippen molar-refractivity contribution in [2.45, 2.75) is 40.0 Å². The fourth-order valence-electron chi connectivity index (χ4n) is 4.59. The molecule has 0 saturated carbocycles. The lowest BCUT2D eigenvalue weighted by molar-refractivity contribution is -0.274. The number of rotatable bonds is 7. The molecule has 9 nitrogen and oxygen atoms in total. The number of alkyl halides is 3. The second kappa shape index (κ2) is 13.0. The molecular formula is C32H29F3N6O3S. The number of ether oxygens (including phenoxy) is 1. The highest BCUT2D eigenvalue weighted by atomic mass is 32.2. The van der Waals surface area contributed by atoms with Crippen LogP contribution in [0.4, 0.5) is 23.7 Å². The average Bonchev–Trinajstić information content (AvgIpc) is 3.62. The second-order valence-electron chi connectivity index (χ2n) is 10.5. The predicted octanol–water partition coefficient (Wildman–Crippen LogP) is 7.47. The number of carbonyl (C=O) groups excluding carboxylic acids is 2. The normalized spacial score (nSPS) is 14.8. The molecule has 3 aromatic carbocycles. The number of carbonyl (C=O) groups is 2. The Hall–Kier alpha value is -4.91. The van der Waals surface area contributed by atoms with E-state index in [9.17, 15) is 22.8 Å². The molecule has 0 spiro atoms. The lowest BCUT2D eigenvalue weighted by Crippen LogP contribution is -2.31. The second-order valence-corrected chi connectivity index (χ2v) is 11.5. The Morgan fingerprint density at radius 3 is 2.47 bits per heavy atom. The van der Waals surface area contributed by atoms with Gasteiger partial charge in [-0.3, -0.25) is 9.69 Å². The van der Waals surface area contributed by atoms with Crippen LogP contribution in [-0.4, -0.2) is 44.0 Å². The zero-order valence-corrected chi connectivity index (χ0v) is 25.6. The van der Waals surface area contributed by atoms with Crippen LogP contribution >= 0.6 is 11.8 Å². The maximum atomic E-state index is 12.8. The highest BCUT2D eigenvalue weighted by Gasteiger charge is 2.33. The van der Waals surface area contributed by atoms with Crippen LogP contribution in [-0.2, 0) is 4.79 Å². The number of aliphatic imine (C=N–C) groups is 1. The Labute approximate surface area is 261 Å². The van der Waals surface area contributed by atoms with Crippen molar-refractivity contribution >= 4 is 40.1 Å². The number of hydrogen-bond donors (Lipinski definition) is 1. The Balaban J connectivity index is 1.25. The smallest absolute Gasteiger partial charge is 0.406 e. The highest BCUT2D eigenvalue weighted by Crippen LogP contribution is 2.34. The molecule has 4 aromatic rings. The van der Waals surface area contributed by atoms with Crippen molar-refractivity contribution in [1.82, 2.24) is 20.1 Å². The molecule has 1 aromatic heterocycles. The molecule has 0 atom stereocenters. The Morgan fingerprint density at radius 2 is 1.80 bits per heavy atom. The molecule has 1 saturated heterocycles. The molecule has 1 aliphatic rings. The first kappa shape index (κ1) is 31.5. The summed E-state index contributed by atoms with van der Waals surface area (Å²) in [7, 11) is 0. The van der Waals surface area contributed by atoms with E-state index in [1.54, 1.807) is 6.20 Å². The summed E-state index contributed by atoms with van der Waals surface area (Å²) in [5.74, 6) is 0.352. The van der Waals surface area contributed by atoms with E-state index < -0.39 is 12.4 Å². The number of thioether (sulfide) groups is 1. The molecule has 1 N–H and O–H groups in total. The van der Waals surface area contributed by atoms with Gasteiger partial charge >= 0.3 is 12.4 Å². The van der Waals surface area contributed by atoms with Gasteiger partial charge in [-0.25, -0.2) is 14.5 Å². The van der Waals surface area contributed by atoms with E-state index >= 15 is 0 Å². The summed E-state index contributed by atoms with van der Waals surface area (Å²) in [5.41, 5.74) is 5.58. The number of aromatic nitrogens is 3. The zero-order valence-electron chi connectivity index (χ0n) is 24.8. The summed E-state index contributed by atoms with van der Waals surface area (Å²) < 4.78 is 42.6. The topological polar surface area (TPSA) is 102 Å². The minimum atomic E-state index is -4.76. The maximum Gasteiger partial charge on any atom is 0.573 e. The van der Waals surface area contributed by atoms with E-state index in [0.717, 1.165) is 33.5 Å². The fourth-order valence-corrected chi connectivity index (χ4v) is 5.45. The third kappa shape index (κ3) is 7.60. The maximum absolute atomic E-state index is 12.8. The first-order valence-electron chi connectivity index (χ1n) is 13.9. The van der Waals surface area contributed by atoms with Crippen molar-refractivity contribution in [3.8, 4) is 22.8 Å². The molecule has 0 radical (unpaired) electrons. The van der Waals surface area contributed by atoms with Crippen molar-refractivity contribution in [2.75, 3.05) is 10.7 Å². The third-order valence-electron chi connectivity index (χ3n) is 6.85. The van der Waals surface area contributed by atoms with Gasteiger partial charge in [-0.05, 0) is 72.4 Å². The van der Waals surface area contributed by atoms with Crippen molar-refractivity contribution < 1.29 is 27.5 Å². The number of anilines is 1. The lowest BCUT2D eigenvalue weighted by Gasteiger charge is -2.22. The van der Waals surface area contributed by atoms with E-state index in [2.05, 4.69) is 39.0 Å². The monoisotopic (exact) mass is 634 g/mol. The number of amidine groups is 1. The average molecular weight is 635 g/mol. The van der Waals surface area contributed by atoms with Gasteiger partial charge in [-0.2, -0.15) is 4.99 Å². The Kier molecular flexibility index (Phi) is 9.09. The predicted molar refractivity (Wildman–Crippen MR) is 168 cm³/mol. The number of hydrogen-bond acceptors (Lipinski definition) is 6. The number of benzene rings is 3. The van der Waals surface area contributed by atoms with E-state index in [-0.39, 0.29) is 23.3 Å². The molecule has 1 fully saturated rings. The van der Waals surface area contributed by atoms with Crippen molar-refractivity contribution in [3.05, 3.63) is 95.9 Å². The van der Waals surface area contributed by atoms with Crippen LogP contribution in [0.2, 0.25) is 0 Å². The zero-order chi connectivity index (χ0) is 32.3. The van der Waals surface area contributed by atoms with E-state index in [1.807, 2.05) is 56.3 Å². The third-order valence-corrected chi connectivity index (χ3v) is 7.77. The summed E-state index contributed by atoms with van der Waals surface area (Å²) in [6.07, 6.45) is -1.75. The molecule has 3 amide bonds. The molecule has 232 valence electrons. The van der Waals surface area contributed by atoms with Gasteiger partial charge in [0.25, 0.3) is 0 Å². The lowest BCUT2D eigenvalue weighted by atomic mass is 9.99. The Morgan fingerprint density at radius 1 is 1.09 bits per heavy atom. The minimum Gasteiger partial charge on any atom is -0.406 e. The first-order valence-corrected chi connectivity index (χ1v) is 14.9. The molecule has 5 rings (SSSR count). The standard InChI is InChI=1S/C32H29F3N6O3S/c1-19(2)26-14-5-20(3)15-27(26)41-28(42)17-45-31(41)38-30(43)36-16-21(4)22-6-8-23(9-7-22)29-37-18-40(39-29)24-10-12-25(13-11-24)44-32(33,34)35/h5-16,18-19H,17H2,1-4H3,(H,36,43)/b21-16+,38-31?. The number of nitrogens with zero attached hydrogens (tertiary/aromatic N) is 5. The molecule has 1 aliphatic heterocycles. The number of urea groups is 1. The number of halogens is 3. The van der Waals surface area contributed by atoms with Crippen LogP contribution < -0.4 is 15.0 Å². The van der Waals surface area contributed by atoms with Crippen LogP contribution in [0.5, 0.6) is 5.75 Å². The van der Waals surface area contributed by atoms with Crippen LogP contribution in [0, 0.1) is 6.92 Å². The van der Waals surface area contributed by atoms with Crippen LogP contribution in [0.25, 0.3) is 22.6 Å². The van der Waals surface area contributed by atoms with Gasteiger partial charge in [-0.1, -0.05) is 62.0 Å². The molecule has 2 heterocycles. The van der Waals surface area contributed by atoms with Gasteiger partial charge in [0, 0.05) is 11.8 Å². The molecule has 13 heteroatoms. The number of aryl methyl sites for hydroxylation is 1. The number of nitrogens with one attached hydrogen (secondary N) is 1. The quantitative estimate of drug-likeness (QED) is 0.226. The SMILES string of the molecule is C/C(=C\NC(=O)N=C1SCC(=O)N1c1cc(C)ccc1C(C)C)c1ccc(-c2ncn(-c3ccc(OC(F)(F)F)cc3)n2)cc1. The van der Waals surface area contributed by atoms with Gasteiger partial charge in [-0.15, -0.1) is 18.3 Å². The fraction of sp³-hybridized carbons (Fsp3) is 0.219. The summed E-state index contributed by atoms with van der Waals surface area (Å²) in [6.45, 7) is 7.90. The van der Waals surface area contributed by atoms with Gasteiger partial charge in [0.05, 0.1) is 17.1 Å². The van der Waals surface area contributed by atoms with Crippen LogP contribution in [0.1, 0.15) is 43.4 Å². The van der Waals surface area contributed by atoms with Crippen molar-refractivity contribution in [1.29, 1.82) is 0 Å². The largest absolute Gasteiger partial charge is 0.573 e. The van der Waals surface area contributed by atoms with Crippen LogP contribution in [0.3, 0.4) is 0 Å². The Bertz CT molecular complexity index is 1780. The first-order chi connectivity index (χ1) is 21.4. The van der Waals surface area contributed by atoms with Gasteiger partial charge in [0.1, 0.15) is 12.1 Å². The summed E-state index contributed by atoms with van der Waals surface area (Å²) >= 11 is 1.23. The summed E-state index contributed by atoms with van der Waals surface area (Å²) in [6, 6.07) is 18.0. The van der Waals surface area contributed by atoms with Crippen molar-refractivity contribution in [3.63, 3.8) is 0 Å². The van der Waals surface area contributed by atoms with E-state index in [1.165, 1.54) is 51.9 Å². The van der Waals surface area contributed by atoms with Gasteiger partial charge in [0.15, 0.2) is 11.0 Å². The highest BCUT2D eigenvalue weighted by molar-refractivity contribution is 8.15. The van der Waals surface area contributed by atoms with Gasteiger partial charge in [0.2, 0.25) is 5.91 Å². The minimum absolute atomic E-state index is 0.126. The molecule has 0 bridgehead atoms. The molecule has 45 heavy (non-hydrogen) atoms. The van der Waals surface area contributed by atoms with Gasteiger partial charge < -0.3 is 10.1 Å². The van der Waals surface area contributed by atoms with Crippen molar-refractivity contribution in [2.24, 2.45) is 4.99 Å². The van der Waals surface area contributed by atoms with E-state index in [4.69, 9.17) is 0 Å². The number of amides is 3. The van der Waals surface area contributed by atoms with E-state index in [0.29, 0.717) is 16.7 Å². The summed E-state index contributed by atoms with van der Waals surface area (Å²) in [5, 5.41) is 7.44. The number of allylic oxidation sites excluding steroid dienone is 1. The van der Waals surface area contributed by atoms with Crippen LogP contribution in [0.15, 0.2) is 84.2 Å². The molecular weight excluding hydrogens is 605 g/mol. The molecule has 0 aliphatic carbocycles. The summed E-state index contributed by atoms with van der Waals surface area (Å²) in [4.78, 5) is 35.6.